The molecule has 0 amide bonds. The number of aromatic nitrogens is 2. The summed E-state index contributed by atoms with van der Waals surface area (Å²) in [5, 5.41) is 13.2. The Kier molecular flexibility index (Phi) is 6.53. The molecule has 0 bridgehead atoms. The van der Waals surface area contributed by atoms with Crippen LogP contribution < -0.4 is 11.1 Å². The molecule has 0 saturated carbocycles. The number of anilines is 1. The minimum Gasteiger partial charge on any atom is -0.370 e. The van der Waals surface area contributed by atoms with Crippen LogP contribution in [0.4, 0.5) is 5.69 Å². The molecule has 1 heterocycles. The highest BCUT2D eigenvalue weighted by molar-refractivity contribution is 14.0. The van der Waals surface area contributed by atoms with Gasteiger partial charge in [0.25, 0.3) is 0 Å². The van der Waals surface area contributed by atoms with Crippen LogP contribution in [-0.2, 0) is 12.0 Å². The van der Waals surface area contributed by atoms with Crippen LogP contribution in [0.25, 0.3) is 0 Å². The second-order valence-corrected chi connectivity index (χ2v) is 6.51. The molecule has 1 aromatic carbocycles. The Hall–Kier alpha value is -1.22. The summed E-state index contributed by atoms with van der Waals surface area (Å²) >= 11 is 1.58. The number of aliphatic imine (C=N–C) groups is 1. The van der Waals surface area contributed by atoms with E-state index in [0.717, 1.165) is 15.7 Å². The third kappa shape index (κ3) is 5.58. The van der Waals surface area contributed by atoms with Crippen LogP contribution in [0.1, 0.15) is 30.8 Å². The highest BCUT2D eigenvalue weighted by Crippen LogP contribution is 2.25. The van der Waals surface area contributed by atoms with Crippen LogP contribution >= 0.6 is 35.3 Å². The fourth-order valence-corrected chi connectivity index (χ4v) is 2.30. The van der Waals surface area contributed by atoms with Crippen molar-refractivity contribution >= 4 is 47.0 Å². The van der Waals surface area contributed by atoms with Crippen molar-refractivity contribution in [2.24, 2.45) is 10.7 Å². The summed E-state index contributed by atoms with van der Waals surface area (Å²) in [6.45, 7) is 6.79. The molecule has 5 nitrogen and oxygen atoms in total. The molecule has 0 unspecified atom stereocenters. The van der Waals surface area contributed by atoms with Gasteiger partial charge in [0.05, 0.1) is 6.54 Å². The Labute approximate surface area is 146 Å². The summed E-state index contributed by atoms with van der Waals surface area (Å²) in [5.41, 5.74) is 6.78. The fraction of sp³-hybridized carbons (Fsp3) is 0.357. The SMILES string of the molecule is CC(C)(C)c1nnc(CN=C(N)Nc2ccccc2)s1.I. The monoisotopic (exact) mass is 417 g/mol. The molecular weight excluding hydrogens is 397 g/mol. The van der Waals surface area contributed by atoms with Crippen molar-refractivity contribution in [3.8, 4) is 0 Å². The van der Waals surface area contributed by atoms with Gasteiger partial charge in [0.15, 0.2) is 5.96 Å². The molecule has 114 valence electrons. The first-order valence-electron chi connectivity index (χ1n) is 6.40. The number of benzene rings is 1. The maximum absolute atomic E-state index is 5.84. The molecule has 0 aliphatic carbocycles. The van der Waals surface area contributed by atoms with Crippen LogP contribution in [0.5, 0.6) is 0 Å². The first-order chi connectivity index (χ1) is 9.45. The van der Waals surface area contributed by atoms with E-state index in [0.29, 0.717) is 12.5 Å². The molecule has 0 aliphatic rings. The molecule has 21 heavy (non-hydrogen) atoms. The number of halogens is 1. The van der Waals surface area contributed by atoms with E-state index >= 15 is 0 Å². The average Bonchev–Trinajstić information content (AvgIpc) is 2.86. The summed E-state index contributed by atoms with van der Waals surface area (Å²) in [5.74, 6) is 0.378. The van der Waals surface area contributed by atoms with E-state index in [-0.39, 0.29) is 29.4 Å². The van der Waals surface area contributed by atoms with Crippen molar-refractivity contribution in [1.29, 1.82) is 0 Å². The van der Waals surface area contributed by atoms with Crippen molar-refractivity contribution in [2.75, 3.05) is 5.32 Å². The van der Waals surface area contributed by atoms with Crippen LogP contribution in [-0.4, -0.2) is 16.2 Å². The number of rotatable bonds is 3. The molecule has 0 radical (unpaired) electrons. The Morgan fingerprint density at radius 1 is 1.24 bits per heavy atom. The number of guanidine groups is 1. The maximum atomic E-state index is 5.84. The molecule has 0 fully saturated rings. The van der Waals surface area contributed by atoms with Crippen molar-refractivity contribution in [3.05, 3.63) is 40.3 Å². The highest BCUT2D eigenvalue weighted by atomic mass is 127. The Balaban J connectivity index is 0.00000220. The van der Waals surface area contributed by atoms with E-state index in [1.165, 1.54) is 0 Å². The van der Waals surface area contributed by atoms with E-state index in [1.54, 1.807) is 11.3 Å². The zero-order valence-electron chi connectivity index (χ0n) is 12.3. The normalized spacial score (nSPS) is 11.9. The minimum atomic E-state index is 0. The maximum Gasteiger partial charge on any atom is 0.193 e. The summed E-state index contributed by atoms with van der Waals surface area (Å²) in [7, 11) is 0. The van der Waals surface area contributed by atoms with Gasteiger partial charge in [0.2, 0.25) is 0 Å². The third-order valence-corrected chi connectivity index (χ3v) is 3.87. The van der Waals surface area contributed by atoms with Crippen LogP contribution in [0, 0.1) is 0 Å². The van der Waals surface area contributed by atoms with E-state index in [2.05, 4.69) is 41.3 Å². The molecule has 0 saturated heterocycles. The predicted octanol–water partition coefficient (Wildman–Crippen LogP) is 3.38. The molecule has 0 atom stereocenters. The van der Waals surface area contributed by atoms with Crippen LogP contribution in [0.3, 0.4) is 0 Å². The average molecular weight is 417 g/mol. The quantitative estimate of drug-likeness (QED) is 0.456. The zero-order valence-corrected chi connectivity index (χ0v) is 15.5. The van der Waals surface area contributed by atoms with Gasteiger partial charge in [0, 0.05) is 11.1 Å². The predicted molar refractivity (Wildman–Crippen MR) is 99.4 cm³/mol. The molecule has 3 N–H and O–H groups in total. The molecule has 1 aromatic heterocycles. The van der Waals surface area contributed by atoms with Crippen molar-refractivity contribution < 1.29 is 0 Å². The van der Waals surface area contributed by atoms with Gasteiger partial charge in [-0.1, -0.05) is 50.3 Å². The Morgan fingerprint density at radius 2 is 1.90 bits per heavy atom. The highest BCUT2D eigenvalue weighted by Gasteiger charge is 2.19. The zero-order chi connectivity index (χ0) is 14.6. The molecule has 2 aromatic rings. The first kappa shape index (κ1) is 17.8. The number of nitrogens with one attached hydrogen (secondary N) is 1. The van der Waals surface area contributed by atoms with Crippen LogP contribution in [0.2, 0.25) is 0 Å². The number of para-hydroxylation sites is 1. The smallest absolute Gasteiger partial charge is 0.193 e. The van der Waals surface area contributed by atoms with Gasteiger partial charge < -0.3 is 11.1 Å². The Bertz CT molecular complexity index is 589. The summed E-state index contributed by atoms with van der Waals surface area (Å²) in [4.78, 5) is 4.28. The van der Waals surface area contributed by atoms with Crippen LogP contribution in [0.15, 0.2) is 35.3 Å². The second-order valence-electron chi connectivity index (χ2n) is 5.44. The lowest BCUT2D eigenvalue weighted by Crippen LogP contribution is -2.22. The fourth-order valence-electron chi connectivity index (χ4n) is 1.48. The van der Waals surface area contributed by atoms with Crippen molar-refractivity contribution in [1.82, 2.24) is 10.2 Å². The molecule has 0 spiro atoms. The van der Waals surface area contributed by atoms with E-state index in [9.17, 15) is 0 Å². The van der Waals surface area contributed by atoms with E-state index in [1.807, 2.05) is 30.3 Å². The van der Waals surface area contributed by atoms with Gasteiger partial charge in [-0.25, -0.2) is 4.99 Å². The van der Waals surface area contributed by atoms with Crippen molar-refractivity contribution in [3.63, 3.8) is 0 Å². The standard InChI is InChI=1S/C14H19N5S.HI/c1-14(2,3)12-19-18-11(20-12)9-16-13(15)17-10-7-5-4-6-8-10;/h4-8H,9H2,1-3H3,(H3,15,16,17);1H. The molecule has 0 aliphatic heterocycles. The lowest BCUT2D eigenvalue weighted by molar-refractivity contribution is 0.577. The molecule has 7 heteroatoms. The van der Waals surface area contributed by atoms with E-state index in [4.69, 9.17) is 5.73 Å². The first-order valence-corrected chi connectivity index (χ1v) is 7.21. The van der Waals surface area contributed by atoms with Crippen molar-refractivity contribution in [2.45, 2.75) is 32.7 Å². The summed E-state index contributed by atoms with van der Waals surface area (Å²) in [6.07, 6.45) is 0. The lowest BCUT2D eigenvalue weighted by atomic mass is 9.98. The van der Waals surface area contributed by atoms with Gasteiger partial charge in [-0.15, -0.1) is 34.2 Å². The number of hydrogen-bond acceptors (Lipinski definition) is 4. The van der Waals surface area contributed by atoms with Gasteiger partial charge in [0.1, 0.15) is 10.0 Å². The second kappa shape index (κ2) is 7.69. The third-order valence-electron chi connectivity index (χ3n) is 2.54. The number of nitrogens with two attached hydrogens (primary N) is 1. The molecular formula is C14H20IN5S. The Morgan fingerprint density at radius 3 is 2.48 bits per heavy atom. The van der Waals surface area contributed by atoms with Gasteiger partial charge in [-0.2, -0.15) is 0 Å². The minimum absolute atomic E-state index is 0. The summed E-state index contributed by atoms with van der Waals surface area (Å²) < 4.78 is 0. The number of nitrogens with zero attached hydrogens (tertiary/aromatic N) is 3. The van der Waals surface area contributed by atoms with E-state index < -0.39 is 0 Å². The summed E-state index contributed by atoms with van der Waals surface area (Å²) in [6, 6.07) is 9.70. The largest absolute Gasteiger partial charge is 0.370 e. The topological polar surface area (TPSA) is 76.2 Å². The van der Waals surface area contributed by atoms with Gasteiger partial charge >= 0.3 is 0 Å². The van der Waals surface area contributed by atoms with Gasteiger partial charge in [-0.05, 0) is 12.1 Å². The lowest BCUT2D eigenvalue weighted by Gasteiger charge is -2.12. The molecule has 2 rings (SSSR count). The number of hydrogen-bond donors (Lipinski definition) is 2. The van der Waals surface area contributed by atoms with Gasteiger partial charge in [-0.3, -0.25) is 0 Å².